The molecular weight excluding hydrogens is 174 g/mol. The van der Waals surface area contributed by atoms with Gasteiger partial charge in [0, 0.05) is 24.2 Å². The van der Waals surface area contributed by atoms with E-state index in [0.29, 0.717) is 5.41 Å². The molecule has 0 unspecified atom stereocenters. The second-order valence-electron chi connectivity index (χ2n) is 4.56. The van der Waals surface area contributed by atoms with Crippen LogP contribution >= 0.6 is 0 Å². The molecule has 0 atom stereocenters. The Balaban J connectivity index is 1.93. The first-order valence-corrected chi connectivity index (χ1v) is 5.23. The zero-order chi connectivity index (χ0) is 9.60. The number of hydrogen-bond acceptors (Lipinski definition) is 3. The lowest BCUT2D eigenvalue weighted by Gasteiger charge is -2.10. The average molecular weight is 189 g/mol. The van der Waals surface area contributed by atoms with Gasteiger partial charge in [-0.25, -0.2) is 4.98 Å². The number of nitrogens with zero attached hydrogens (tertiary/aromatic N) is 1. The fourth-order valence-electron chi connectivity index (χ4n) is 1.98. The molecule has 0 amide bonds. The molecule has 0 radical (unpaired) electrons. The van der Waals surface area contributed by atoms with Gasteiger partial charge in [0.2, 0.25) is 0 Å². The minimum Gasteiger partial charge on any atom is -0.381 e. The highest BCUT2D eigenvalue weighted by atomic mass is 15.1. The molecule has 2 aliphatic rings. The quantitative estimate of drug-likeness (QED) is 0.655. The number of rotatable bonds is 0. The van der Waals surface area contributed by atoms with E-state index in [1.54, 1.807) is 0 Å². The van der Waals surface area contributed by atoms with Crippen LogP contribution in [0.1, 0.15) is 18.5 Å². The van der Waals surface area contributed by atoms with Crippen LogP contribution in [0.5, 0.6) is 0 Å². The van der Waals surface area contributed by atoms with Gasteiger partial charge in [-0.3, -0.25) is 0 Å². The van der Waals surface area contributed by atoms with Crippen molar-refractivity contribution in [3.8, 4) is 0 Å². The van der Waals surface area contributed by atoms with Crippen LogP contribution < -0.4 is 10.6 Å². The summed E-state index contributed by atoms with van der Waals surface area (Å²) in [7, 11) is 0. The summed E-state index contributed by atoms with van der Waals surface area (Å²) in [4.78, 5) is 4.49. The lowest BCUT2D eigenvalue weighted by molar-refractivity contribution is 0.581. The van der Waals surface area contributed by atoms with E-state index < -0.39 is 0 Å². The molecule has 74 valence electrons. The van der Waals surface area contributed by atoms with Gasteiger partial charge in [0.1, 0.15) is 5.82 Å². The number of aromatic nitrogens is 1. The first kappa shape index (κ1) is 8.09. The zero-order valence-electron chi connectivity index (χ0n) is 8.43. The van der Waals surface area contributed by atoms with Crippen molar-refractivity contribution < 1.29 is 0 Å². The van der Waals surface area contributed by atoms with Crippen LogP contribution in [0.2, 0.25) is 0 Å². The van der Waals surface area contributed by atoms with Gasteiger partial charge in [0.15, 0.2) is 0 Å². The minimum absolute atomic E-state index is 0.522. The second-order valence-corrected chi connectivity index (χ2v) is 4.56. The molecule has 1 fully saturated rings. The van der Waals surface area contributed by atoms with Crippen molar-refractivity contribution in [3.63, 3.8) is 0 Å². The van der Waals surface area contributed by atoms with Crippen LogP contribution in [-0.2, 0) is 0 Å². The molecule has 2 N–H and O–H groups in total. The van der Waals surface area contributed by atoms with Gasteiger partial charge in [-0.1, -0.05) is 0 Å². The van der Waals surface area contributed by atoms with E-state index in [1.165, 1.54) is 12.8 Å². The van der Waals surface area contributed by atoms with Gasteiger partial charge in [0.25, 0.3) is 0 Å². The maximum Gasteiger partial charge on any atom is 0.149 e. The number of hydrogen-bond donors (Lipinski definition) is 2. The number of aryl methyl sites for hydroxylation is 1. The molecule has 1 aliphatic heterocycles. The third-order valence-corrected chi connectivity index (χ3v) is 3.28. The van der Waals surface area contributed by atoms with Crippen LogP contribution in [0.4, 0.5) is 11.5 Å². The molecule has 3 rings (SSSR count). The van der Waals surface area contributed by atoms with Crippen molar-refractivity contribution in [2.75, 3.05) is 23.7 Å². The van der Waals surface area contributed by atoms with Crippen molar-refractivity contribution in [1.82, 2.24) is 4.98 Å². The summed E-state index contributed by atoms with van der Waals surface area (Å²) in [5, 5.41) is 6.93. The van der Waals surface area contributed by atoms with Gasteiger partial charge in [-0.15, -0.1) is 0 Å². The Bertz CT molecular complexity index is 369. The fraction of sp³-hybridized carbons (Fsp3) is 0.545. The Kier molecular flexibility index (Phi) is 1.52. The smallest absolute Gasteiger partial charge is 0.149 e. The lowest BCUT2D eigenvalue weighted by atomic mass is 10.1. The fourth-order valence-corrected chi connectivity index (χ4v) is 1.98. The summed E-state index contributed by atoms with van der Waals surface area (Å²) in [5.41, 5.74) is 2.75. The molecule has 1 aromatic heterocycles. The number of anilines is 2. The number of fused-ring (bicyclic) bond motifs is 1. The van der Waals surface area contributed by atoms with Crippen LogP contribution in [-0.4, -0.2) is 18.1 Å². The monoisotopic (exact) mass is 189 g/mol. The lowest BCUT2D eigenvalue weighted by Crippen LogP contribution is -2.19. The summed E-state index contributed by atoms with van der Waals surface area (Å²) in [5.74, 6) is 1.02. The Labute approximate surface area is 83.9 Å². The summed E-state index contributed by atoms with van der Waals surface area (Å²) in [6.45, 7) is 4.20. The Morgan fingerprint density at radius 3 is 2.79 bits per heavy atom. The van der Waals surface area contributed by atoms with E-state index in [-0.39, 0.29) is 0 Å². The Morgan fingerprint density at radius 1 is 1.21 bits per heavy atom. The molecule has 3 nitrogen and oxygen atoms in total. The van der Waals surface area contributed by atoms with Crippen LogP contribution in [0.3, 0.4) is 0 Å². The first-order valence-electron chi connectivity index (χ1n) is 5.23. The van der Waals surface area contributed by atoms with Gasteiger partial charge < -0.3 is 10.6 Å². The largest absolute Gasteiger partial charge is 0.381 e. The molecule has 1 saturated carbocycles. The van der Waals surface area contributed by atoms with Crippen molar-refractivity contribution in [1.29, 1.82) is 0 Å². The summed E-state index contributed by atoms with van der Waals surface area (Å²) in [6.07, 6.45) is 2.69. The zero-order valence-corrected chi connectivity index (χ0v) is 8.43. The third kappa shape index (κ3) is 1.24. The van der Waals surface area contributed by atoms with E-state index in [4.69, 9.17) is 0 Å². The predicted octanol–water partition coefficient (Wildman–Crippen LogP) is 2.01. The number of nitrogens with one attached hydrogen (secondary N) is 2. The molecular formula is C11H15N3. The molecule has 0 aromatic carbocycles. The molecule has 2 heterocycles. The standard InChI is InChI=1S/C11H15N3/c1-8-2-3-9-10(14-8)13-7-11(4-5-11)6-12-9/h2-3,12H,4-7H2,1H3,(H,13,14). The maximum absolute atomic E-state index is 4.49. The Morgan fingerprint density at radius 2 is 2.00 bits per heavy atom. The Hall–Kier alpha value is -1.25. The van der Waals surface area contributed by atoms with Crippen molar-refractivity contribution in [3.05, 3.63) is 17.8 Å². The second kappa shape index (κ2) is 2.62. The van der Waals surface area contributed by atoms with E-state index in [2.05, 4.69) is 27.8 Å². The highest BCUT2D eigenvalue weighted by Gasteiger charge is 2.43. The molecule has 0 bridgehead atoms. The molecule has 1 aromatic rings. The van der Waals surface area contributed by atoms with E-state index in [0.717, 1.165) is 30.3 Å². The van der Waals surface area contributed by atoms with E-state index in [9.17, 15) is 0 Å². The normalized spacial score (nSPS) is 21.8. The van der Waals surface area contributed by atoms with E-state index in [1.807, 2.05) is 6.92 Å². The van der Waals surface area contributed by atoms with Gasteiger partial charge in [-0.2, -0.15) is 0 Å². The van der Waals surface area contributed by atoms with Gasteiger partial charge in [0.05, 0.1) is 5.69 Å². The average Bonchev–Trinajstić information content (AvgIpc) is 2.96. The highest BCUT2D eigenvalue weighted by molar-refractivity contribution is 5.65. The van der Waals surface area contributed by atoms with Crippen molar-refractivity contribution in [2.24, 2.45) is 5.41 Å². The third-order valence-electron chi connectivity index (χ3n) is 3.28. The highest BCUT2D eigenvalue weighted by Crippen LogP contribution is 2.47. The summed E-state index contributed by atoms with van der Waals surface area (Å²) in [6, 6.07) is 4.17. The SMILES string of the molecule is Cc1ccc2c(n1)NCC1(CC1)CN2. The van der Waals surface area contributed by atoms with Crippen LogP contribution in [0.15, 0.2) is 12.1 Å². The van der Waals surface area contributed by atoms with Gasteiger partial charge in [-0.05, 0) is 31.9 Å². The van der Waals surface area contributed by atoms with Crippen molar-refractivity contribution >= 4 is 11.5 Å². The molecule has 3 heteroatoms. The predicted molar refractivity (Wildman–Crippen MR) is 57.6 cm³/mol. The van der Waals surface area contributed by atoms with Gasteiger partial charge >= 0.3 is 0 Å². The molecule has 1 spiro atoms. The van der Waals surface area contributed by atoms with Crippen molar-refractivity contribution in [2.45, 2.75) is 19.8 Å². The first-order chi connectivity index (χ1) is 6.77. The number of pyridine rings is 1. The topological polar surface area (TPSA) is 37.0 Å². The summed E-state index contributed by atoms with van der Waals surface area (Å²) >= 11 is 0. The maximum atomic E-state index is 4.49. The minimum atomic E-state index is 0.522. The molecule has 0 saturated heterocycles. The van der Waals surface area contributed by atoms with Crippen LogP contribution in [0, 0.1) is 12.3 Å². The summed E-state index contributed by atoms with van der Waals surface area (Å²) < 4.78 is 0. The molecule has 14 heavy (non-hydrogen) atoms. The van der Waals surface area contributed by atoms with Crippen LogP contribution in [0.25, 0.3) is 0 Å². The molecule has 1 aliphatic carbocycles. The van der Waals surface area contributed by atoms with E-state index >= 15 is 0 Å².